The second-order valence-electron chi connectivity index (χ2n) is 5.70. The summed E-state index contributed by atoms with van der Waals surface area (Å²) in [7, 11) is 0. The number of amides is 1. The molecule has 0 unspecified atom stereocenters. The minimum absolute atomic E-state index is 0.0174. The number of ether oxygens (including phenoxy) is 2. The molecule has 6 nitrogen and oxygen atoms in total. The largest absolute Gasteiger partial charge is 0.454 e. The fourth-order valence-electron chi connectivity index (χ4n) is 2.85. The summed E-state index contributed by atoms with van der Waals surface area (Å²) in [4.78, 5) is 17.1. The molecule has 2 heterocycles. The quantitative estimate of drug-likeness (QED) is 0.911. The van der Waals surface area contributed by atoms with Crippen molar-refractivity contribution in [3.63, 3.8) is 0 Å². The van der Waals surface area contributed by atoms with E-state index in [1.54, 1.807) is 0 Å². The van der Waals surface area contributed by atoms with Gasteiger partial charge in [0.25, 0.3) is 0 Å². The summed E-state index contributed by atoms with van der Waals surface area (Å²) in [5.74, 6) is 1.42. The average Bonchev–Trinajstić information content (AvgIpc) is 3.02. The van der Waals surface area contributed by atoms with Crippen LogP contribution in [0.25, 0.3) is 0 Å². The molecule has 2 aliphatic heterocycles. The fourth-order valence-corrected chi connectivity index (χ4v) is 2.85. The number of anilines is 1. The number of piperazine rings is 1. The van der Waals surface area contributed by atoms with Gasteiger partial charge < -0.3 is 19.7 Å². The van der Waals surface area contributed by atoms with Gasteiger partial charge in [0.15, 0.2) is 11.5 Å². The molecule has 1 amide bonds. The van der Waals surface area contributed by atoms with Gasteiger partial charge in [-0.15, -0.1) is 0 Å². The molecule has 1 N–H and O–H groups in total. The number of likely N-dealkylation sites (N-methyl/N-ethyl adjacent to an activating group) is 1. The van der Waals surface area contributed by atoms with Gasteiger partial charge in [-0.1, -0.05) is 6.92 Å². The van der Waals surface area contributed by atoms with Crippen molar-refractivity contribution >= 4 is 11.6 Å². The number of benzene rings is 1. The number of nitrogens with zero attached hydrogens (tertiary/aromatic N) is 2. The molecule has 0 saturated carbocycles. The van der Waals surface area contributed by atoms with Crippen molar-refractivity contribution in [2.45, 2.75) is 19.9 Å². The second kappa shape index (κ2) is 6.54. The van der Waals surface area contributed by atoms with E-state index in [2.05, 4.69) is 22.0 Å². The zero-order chi connectivity index (χ0) is 15.5. The number of rotatable bonds is 4. The van der Waals surface area contributed by atoms with Crippen molar-refractivity contribution < 1.29 is 14.3 Å². The van der Waals surface area contributed by atoms with E-state index in [0.29, 0.717) is 5.75 Å². The Labute approximate surface area is 131 Å². The molecule has 1 fully saturated rings. The molecule has 0 aromatic heterocycles. The van der Waals surface area contributed by atoms with Crippen LogP contribution in [0.1, 0.15) is 13.8 Å². The lowest BCUT2D eigenvalue weighted by atomic mass is 10.2. The third-order valence-corrected chi connectivity index (χ3v) is 4.42. The molecular formula is C16H23N3O3. The summed E-state index contributed by atoms with van der Waals surface area (Å²) in [5.41, 5.74) is 0.744. The molecule has 2 aliphatic rings. The van der Waals surface area contributed by atoms with Crippen LogP contribution in [-0.2, 0) is 4.79 Å². The van der Waals surface area contributed by atoms with Gasteiger partial charge in [-0.3, -0.25) is 9.69 Å². The van der Waals surface area contributed by atoms with E-state index in [4.69, 9.17) is 9.47 Å². The van der Waals surface area contributed by atoms with Crippen LogP contribution >= 0.6 is 0 Å². The van der Waals surface area contributed by atoms with Gasteiger partial charge >= 0.3 is 0 Å². The number of carbonyl (C=O) groups excluding carboxylic acids is 1. The van der Waals surface area contributed by atoms with E-state index < -0.39 is 0 Å². The average molecular weight is 305 g/mol. The topological polar surface area (TPSA) is 54.0 Å². The summed E-state index contributed by atoms with van der Waals surface area (Å²) < 4.78 is 10.6. The lowest BCUT2D eigenvalue weighted by molar-refractivity contribution is -0.121. The van der Waals surface area contributed by atoms with E-state index in [1.807, 2.05) is 25.1 Å². The first-order valence-electron chi connectivity index (χ1n) is 7.84. The fraction of sp³-hybridized carbons (Fsp3) is 0.562. The Bertz CT molecular complexity index is 541. The third kappa shape index (κ3) is 3.18. The van der Waals surface area contributed by atoms with E-state index in [9.17, 15) is 4.79 Å². The van der Waals surface area contributed by atoms with E-state index in [0.717, 1.165) is 44.2 Å². The summed E-state index contributed by atoms with van der Waals surface area (Å²) in [6, 6.07) is 5.34. The minimum Gasteiger partial charge on any atom is -0.454 e. The standard InChI is InChI=1S/C16H23N3O3/c1-3-18-6-8-19(9-7-18)12(2)16(20)17-13-4-5-14-15(10-13)22-11-21-14/h4-5,10,12H,3,6-9,11H2,1-2H3,(H,17,20)/t12-/m0/s1. The van der Waals surface area contributed by atoms with E-state index >= 15 is 0 Å². The number of hydrogen-bond donors (Lipinski definition) is 1. The summed E-state index contributed by atoms with van der Waals surface area (Å²) >= 11 is 0. The maximum Gasteiger partial charge on any atom is 0.241 e. The first-order valence-corrected chi connectivity index (χ1v) is 7.84. The Hall–Kier alpha value is -1.79. The van der Waals surface area contributed by atoms with Crippen LogP contribution in [0.15, 0.2) is 18.2 Å². The predicted octanol–water partition coefficient (Wildman–Crippen LogP) is 1.38. The third-order valence-electron chi connectivity index (χ3n) is 4.42. The van der Waals surface area contributed by atoms with Crippen LogP contribution in [0, 0.1) is 0 Å². The molecule has 3 rings (SSSR count). The van der Waals surface area contributed by atoms with E-state index in [1.165, 1.54) is 0 Å². The molecular weight excluding hydrogens is 282 g/mol. The van der Waals surface area contributed by atoms with Crippen molar-refractivity contribution in [2.24, 2.45) is 0 Å². The molecule has 1 atom stereocenters. The highest BCUT2D eigenvalue weighted by Gasteiger charge is 2.25. The molecule has 0 bridgehead atoms. The molecule has 1 aromatic carbocycles. The Morgan fingerprint density at radius 2 is 1.95 bits per heavy atom. The molecule has 0 spiro atoms. The minimum atomic E-state index is -0.135. The van der Waals surface area contributed by atoms with Gasteiger partial charge in [0, 0.05) is 37.9 Å². The van der Waals surface area contributed by atoms with Crippen molar-refractivity contribution in [3.05, 3.63) is 18.2 Å². The summed E-state index contributed by atoms with van der Waals surface area (Å²) in [5, 5.41) is 2.96. The molecule has 1 saturated heterocycles. The zero-order valence-corrected chi connectivity index (χ0v) is 13.2. The predicted molar refractivity (Wildman–Crippen MR) is 84.3 cm³/mol. The van der Waals surface area contributed by atoms with Gasteiger partial charge in [-0.2, -0.15) is 0 Å². The first-order chi connectivity index (χ1) is 10.7. The number of fused-ring (bicyclic) bond motifs is 1. The number of hydrogen-bond acceptors (Lipinski definition) is 5. The molecule has 1 aromatic rings. The van der Waals surface area contributed by atoms with Gasteiger partial charge in [0.2, 0.25) is 12.7 Å². The highest BCUT2D eigenvalue weighted by molar-refractivity contribution is 5.94. The molecule has 120 valence electrons. The smallest absolute Gasteiger partial charge is 0.241 e. The normalized spacial score (nSPS) is 19.9. The molecule has 0 aliphatic carbocycles. The zero-order valence-electron chi connectivity index (χ0n) is 13.2. The maximum atomic E-state index is 12.4. The Morgan fingerprint density at radius 1 is 1.23 bits per heavy atom. The van der Waals surface area contributed by atoms with E-state index in [-0.39, 0.29) is 18.7 Å². The van der Waals surface area contributed by atoms with Crippen LogP contribution in [0.3, 0.4) is 0 Å². The van der Waals surface area contributed by atoms with Crippen molar-refractivity contribution in [2.75, 3.05) is 44.8 Å². The van der Waals surface area contributed by atoms with Crippen molar-refractivity contribution in [1.82, 2.24) is 9.80 Å². The first kappa shape index (κ1) is 15.1. The lowest BCUT2D eigenvalue weighted by Gasteiger charge is -2.36. The van der Waals surface area contributed by atoms with Gasteiger partial charge in [-0.25, -0.2) is 0 Å². The summed E-state index contributed by atoms with van der Waals surface area (Å²) in [6.45, 7) is 9.37. The maximum absolute atomic E-state index is 12.4. The van der Waals surface area contributed by atoms with Gasteiger partial charge in [0.05, 0.1) is 6.04 Å². The second-order valence-corrected chi connectivity index (χ2v) is 5.70. The van der Waals surface area contributed by atoms with Gasteiger partial charge in [0.1, 0.15) is 0 Å². The highest BCUT2D eigenvalue weighted by Crippen LogP contribution is 2.34. The SMILES string of the molecule is CCN1CCN([C@@H](C)C(=O)Nc2ccc3c(c2)OCO3)CC1. The van der Waals surface area contributed by atoms with Crippen molar-refractivity contribution in [3.8, 4) is 11.5 Å². The molecule has 22 heavy (non-hydrogen) atoms. The van der Waals surface area contributed by atoms with Crippen LogP contribution in [0.5, 0.6) is 11.5 Å². The monoisotopic (exact) mass is 305 g/mol. The van der Waals surface area contributed by atoms with Gasteiger partial charge in [-0.05, 0) is 25.6 Å². The Kier molecular flexibility index (Phi) is 4.49. The van der Waals surface area contributed by atoms with Crippen LogP contribution in [-0.4, -0.2) is 61.3 Å². The van der Waals surface area contributed by atoms with Crippen LogP contribution in [0.2, 0.25) is 0 Å². The number of nitrogens with one attached hydrogen (secondary N) is 1. The Balaban J connectivity index is 1.57. The van der Waals surface area contributed by atoms with Crippen LogP contribution < -0.4 is 14.8 Å². The molecule has 6 heteroatoms. The number of carbonyl (C=O) groups is 1. The van der Waals surface area contributed by atoms with Crippen molar-refractivity contribution in [1.29, 1.82) is 0 Å². The summed E-state index contributed by atoms with van der Waals surface area (Å²) in [6.07, 6.45) is 0. The highest BCUT2D eigenvalue weighted by atomic mass is 16.7. The molecule has 0 radical (unpaired) electrons. The van der Waals surface area contributed by atoms with Crippen LogP contribution in [0.4, 0.5) is 5.69 Å². The Morgan fingerprint density at radius 3 is 2.68 bits per heavy atom. The lowest BCUT2D eigenvalue weighted by Crippen LogP contribution is -2.52.